The summed E-state index contributed by atoms with van der Waals surface area (Å²) in [7, 11) is 0. The molecule has 1 spiro atoms. The highest BCUT2D eigenvalue weighted by Crippen LogP contribution is 2.45. The van der Waals surface area contributed by atoms with Crippen LogP contribution in [0, 0.1) is 5.92 Å². The number of urea groups is 1. The molecule has 3 fully saturated rings. The summed E-state index contributed by atoms with van der Waals surface area (Å²) in [5.74, 6) is 1.64. The smallest absolute Gasteiger partial charge is 0.317 e. The molecule has 1 aromatic carbocycles. The minimum atomic E-state index is -0.0786. The van der Waals surface area contributed by atoms with Crippen molar-refractivity contribution in [1.82, 2.24) is 15.1 Å². The average molecular weight is 402 g/mol. The molecular weight excluding hydrogens is 370 g/mol. The molecule has 0 aromatic heterocycles. The summed E-state index contributed by atoms with van der Waals surface area (Å²) < 4.78 is 0. The fourth-order valence-electron chi connectivity index (χ4n) is 4.85. The second-order valence-electron chi connectivity index (χ2n) is 8.25. The van der Waals surface area contributed by atoms with Gasteiger partial charge in [-0.05, 0) is 31.2 Å². The number of piperidine rings is 1. The number of benzene rings is 1. The summed E-state index contributed by atoms with van der Waals surface area (Å²) in [5.41, 5.74) is 1.11. The van der Waals surface area contributed by atoms with E-state index in [0.29, 0.717) is 12.5 Å². The Bertz CT molecular complexity index is 682. The molecular formula is C22H31N3O2S. The standard InChI is InChI=1S/C22H31N3O2S/c26-20(19-9-5-2-6-10-19)25-15-16-28-22(25)11-13-24(14-12-22)21(27)23-17-18-7-3-1-4-8-18/h1,3-4,7-8,19H,2,5-6,9-17H2,(H,23,27). The maximum absolute atomic E-state index is 13.2. The van der Waals surface area contributed by atoms with Crippen LogP contribution >= 0.6 is 11.8 Å². The molecule has 2 heterocycles. The predicted octanol–water partition coefficient (Wildman–Crippen LogP) is 3.84. The minimum Gasteiger partial charge on any atom is -0.334 e. The largest absolute Gasteiger partial charge is 0.334 e. The number of nitrogens with one attached hydrogen (secondary N) is 1. The van der Waals surface area contributed by atoms with E-state index >= 15 is 0 Å². The van der Waals surface area contributed by atoms with Crippen molar-refractivity contribution in [2.75, 3.05) is 25.4 Å². The summed E-state index contributed by atoms with van der Waals surface area (Å²) in [6.45, 7) is 2.88. The number of carbonyl (C=O) groups excluding carboxylic acids is 2. The van der Waals surface area contributed by atoms with E-state index in [1.54, 1.807) is 0 Å². The van der Waals surface area contributed by atoms with Crippen LogP contribution in [0.1, 0.15) is 50.5 Å². The van der Waals surface area contributed by atoms with E-state index in [9.17, 15) is 9.59 Å². The Balaban J connectivity index is 1.31. The van der Waals surface area contributed by atoms with Crippen molar-refractivity contribution in [2.24, 2.45) is 5.92 Å². The Morgan fingerprint density at radius 1 is 1.04 bits per heavy atom. The van der Waals surface area contributed by atoms with Crippen LogP contribution in [0.4, 0.5) is 4.79 Å². The molecule has 28 heavy (non-hydrogen) atoms. The molecule has 4 rings (SSSR count). The number of hydrogen-bond donors (Lipinski definition) is 1. The van der Waals surface area contributed by atoms with E-state index in [4.69, 9.17) is 0 Å². The van der Waals surface area contributed by atoms with Crippen LogP contribution in [0.2, 0.25) is 0 Å². The first-order valence-electron chi connectivity index (χ1n) is 10.7. The molecule has 152 valence electrons. The van der Waals surface area contributed by atoms with Gasteiger partial charge in [-0.3, -0.25) is 4.79 Å². The van der Waals surface area contributed by atoms with Crippen LogP contribution in [0.15, 0.2) is 30.3 Å². The topological polar surface area (TPSA) is 52.7 Å². The maximum atomic E-state index is 13.2. The summed E-state index contributed by atoms with van der Waals surface area (Å²) >= 11 is 1.94. The average Bonchev–Trinajstić information content (AvgIpc) is 3.16. The minimum absolute atomic E-state index is 0.00635. The van der Waals surface area contributed by atoms with Gasteiger partial charge in [0, 0.05) is 37.8 Å². The van der Waals surface area contributed by atoms with E-state index in [1.807, 2.05) is 47.0 Å². The van der Waals surface area contributed by atoms with Crippen LogP contribution in [0.25, 0.3) is 0 Å². The van der Waals surface area contributed by atoms with Gasteiger partial charge in [-0.1, -0.05) is 49.6 Å². The molecule has 0 radical (unpaired) electrons. The lowest BCUT2D eigenvalue weighted by atomic mass is 9.87. The SMILES string of the molecule is O=C(NCc1ccccc1)N1CCC2(CC1)SCCN2C(=O)C1CCCCC1. The van der Waals surface area contributed by atoms with Gasteiger partial charge < -0.3 is 15.1 Å². The van der Waals surface area contributed by atoms with Gasteiger partial charge in [-0.2, -0.15) is 0 Å². The quantitative estimate of drug-likeness (QED) is 0.837. The summed E-state index contributed by atoms with van der Waals surface area (Å²) in [5, 5.41) is 3.03. The summed E-state index contributed by atoms with van der Waals surface area (Å²) in [6, 6.07) is 10.0. The lowest BCUT2D eigenvalue weighted by molar-refractivity contribution is -0.140. The molecule has 0 unspecified atom stereocenters. The van der Waals surface area contributed by atoms with Gasteiger partial charge in [0.15, 0.2) is 0 Å². The molecule has 1 aromatic rings. The molecule has 2 saturated heterocycles. The molecule has 0 bridgehead atoms. The highest BCUT2D eigenvalue weighted by atomic mass is 32.2. The van der Waals surface area contributed by atoms with E-state index in [0.717, 1.165) is 56.6 Å². The number of rotatable bonds is 3. The van der Waals surface area contributed by atoms with Crippen LogP contribution in [0.5, 0.6) is 0 Å². The second-order valence-corrected chi connectivity index (χ2v) is 9.71. The third-order valence-corrected chi connectivity index (χ3v) is 8.07. The first-order chi connectivity index (χ1) is 13.7. The third kappa shape index (κ3) is 4.17. The molecule has 1 saturated carbocycles. The number of thioether (sulfide) groups is 1. The van der Waals surface area contributed by atoms with Crippen molar-refractivity contribution < 1.29 is 9.59 Å². The molecule has 5 nitrogen and oxygen atoms in total. The zero-order valence-electron chi connectivity index (χ0n) is 16.6. The van der Waals surface area contributed by atoms with Gasteiger partial charge in [0.25, 0.3) is 0 Å². The Morgan fingerprint density at radius 2 is 1.75 bits per heavy atom. The number of amides is 3. The van der Waals surface area contributed by atoms with Gasteiger partial charge in [-0.15, -0.1) is 11.8 Å². The summed E-state index contributed by atoms with van der Waals surface area (Å²) in [6.07, 6.45) is 7.55. The molecule has 3 aliphatic rings. The molecule has 1 aliphatic carbocycles. The summed E-state index contributed by atoms with van der Waals surface area (Å²) in [4.78, 5) is 29.8. The van der Waals surface area contributed by atoms with Gasteiger partial charge in [0.1, 0.15) is 0 Å². The normalized spacial score (nSPS) is 22.4. The maximum Gasteiger partial charge on any atom is 0.317 e. The number of likely N-dealkylation sites (tertiary alicyclic amines) is 1. The zero-order chi connectivity index (χ0) is 19.4. The van der Waals surface area contributed by atoms with Gasteiger partial charge in [-0.25, -0.2) is 4.79 Å². The van der Waals surface area contributed by atoms with Crippen molar-refractivity contribution >= 4 is 23.7 Å². The lowest BCUT2D eigenvalue weighted by Crippen LogP contribution is -2.56. The molecule has 3 amide bonds. The van der Waals surface area contributed by atoms with E-state index in [2.05, 4.69) is 10.2 Å². The Labute approximate surface area is 172 Å². The Kier molecular flexibility index (Phi) is 6.14. The van der Waals surface area contributed by atoms with Gasteiger partial charge >= 0.3 is 6.03 Å². The van der Waals surface area contributed by atoms with E-state index in [-0.39, 0.29) is 16.8 Å². The van der Waals surface area contributed by atoms with Crippen molar-refractivity contribution in [3.63, 3.8) is 0 Å². The molecule has 1 N–H and O–H groups in total. The highest BCUT2D eigenvalue weighted by molar-refractivity contribution is 8.00. The Morgan fingerprint density at radius 3 is 2.46 bits per heavy atom. The number of carbonyl (C=O) groups is 2. The van der Waals surface area contributed by atoms with Crippen LogP contribution in [-0.4, -0.2) is 52.0 Å². The van der Waals surface area contributed by atoms with Crippen molar-refractivity contribution in [3.05, 3.63) is 35.9 Å². The zero-order valence-corrected chi connectivity index (χ0v) is 17.4. The van der Waals surface area contributed by atoms with Crippen molar-refractivity contribution in [2.45, 2.75) is 56.4 Å². The first kappa shape index (κ1) is 19.6. The van der Waals surface area contributed by atoms with E-state index < -0.39 is 0 Å². The fourth-order valence-corrected chi connectivity index (χ4v) is 6.31. The molecule has 6 heteroatoms. The third-order valence-electron chi connectivity index (χ3n) is 6.52. The number of nitrogens with zero attached hydrogens (tertiary/aromatic N) is 2. The van der Waals surface area contributed by atoms with Crippen LogP contribution in [-0.2, 0) is 11.3 Å². The second kappa shape index (κ2) is 8.76. The van der Waals surface area contributed by atoms with Gasteiger partial charge in [0.05, 0.1) is 4.87 Å². The van der Waals surface area contributed by atoms with Crippen molar-refractivity contribution in [3.8, 4) is 0 Å². The molecule has 2 aliphatic heterocycles. The van der Waals surface area contributed by atoms with E-state index in [1.165, 1.54) is 19.3 Å². The van der Waals surface area contributed by atoms with Crippen molar-refractivity contribution in [1.29, 1.82) is 0 Å². The Hall–Kier alpha value is -1.69. The molecule has 0 atom stereocenters. The lowest BCUT2D eigenvalue weighted by Gasteiger charge is -2.45. The fraction of sp³-hybridized carbons (Fsp3) is 0.636. The van der Waals surface area contributed by atoms with Gasteiger partial charge in [0.2, 0.25) is 5.91 Å². The van der Waals surface area contributed by atoms with Crippen LogP contribution in [0.3, 0.4) is 0 Å². The first-order valence-corrected chi connectivity index (χ1v) is 11.7. The highest BCUT2D eigenvalue weighted by Gasteiger charge is 2.48. The predicted molar refractivity (Wildman–Crippen MR) is 113 cm³/mol. The number of hydrogen-bond acceptors (Lipinski definition) is 3. The van der Waals surface area contributed by atoms with Crippen LogP contribution < -0.4 is 5.32 Å². The monoisotopic (exact) mass is 401 g/mol.